The number of rotatable bonds is 5. The molecular formula is C15H22N2O2. The zero-order chi connectivity index (χ0) is 13.7. The first-order chi connectivity index (χ1) is 9.18. The van der Waals surface area contributed by atoms with Crippen molar-refractivity contribution in [2.24, 2.45) is 11.7 Å². The molecule has 19 heavy (non-hydrogen) atoms. The van der Waals surface area contributed by atoms with E-state index in [2.05, 4.69) is 5.32 Å². The van der Waals surface area contributed by atoms with Gasteiger partial charge in [0.05, 0.1) is 0 Å². The summed E-state index contributed by atoms with van der Waals surface area (Å²) in [6, 6.07) is 9.90. The SMILES string of the molecule is CC1CCOC1C(=O)NCCC(N)c1ccccc1. The first-order valence-corrected chi connectivity index (χ1v) is 6.88. The van der Waals surface area contributed by atoms with Crippen molar-refractivity contribution in [3.05, 3.63) is 35.9 Å². The van der Waals surface area contributed by atoms with E-state index in [0.29, 0.717) is 19.1 Å². The molecule has 1 aromatic rings. The normalized spacial score (nSPS) is 24.1. The summed E-state index contributed by atoms with van der Waals surface area (Å²) >= 11 is 0. The third-order valence-corrected chi connectivity index (χ3v) is 3.63. The molecule has 1 amide bonds. The summed E-state index contributed by atoms with van der Waals surface area (Å²) in [4.78, 5) is 11.9. The van der Waals surface area contributed by atoms with E-state index in [1.165, 1.54) is 0 Å². The lowest BCUT2D eigenvalue weighted by Gasteiger charge is -2.16. The maximum atomic E-state index is 11.9. The van der Waals surface area contributed by atoms with Crippen LogP contribution in [0.2, 0.25) is 0 Å². The van der Waals surface area contributed by atoms with Gasteiger partial charge in [-0.25, -0.2) is 0 Å². The van der Waals surface area contributed by atoms with Crippen LogP contribution in [0.3, 0.4) is 0 Å². The van der Waals surface area contributed by atoms with E-state index in [4.69, 9.17) is 10.5 Å². The Morgan fingerprint density at radius 2 is 2.21 bits per heavy atom. The van der Waals surface area contributed by atoms with Crippen LogP contribution >= 0.6 is 0 Å². The number of hydrogen-bond donors (Lipinski definition) is 2. The molecule has 0 saturated carbocycles. The van der Waals surface area contributed by atoms with Gasteiger partial charge in [0, 0.05) is 19.2 Å². The zero-order valence-corrected chi connectivity index (χ0v) is 11.3. The highest BCUT2D eigenvalue weighted by Crippen LogP contribution is 2.20. The van der Waals surface area contributed by atoms with Crippen LogP contribution in [0.4, 0.5) is 0 Å². The minimum Gasteiger partial charge on any atom is -0.368 e. The molecular weight excluding hydrogens is 240 g/mol. The lowest BCUT2D eigenvalue weighted by molar-refractivity contribution is -0.131. The standard InChI is InChI=1S/C15H22N2O2/c1-11-8-10-19-14(11)15(18)17-9-7-13(16)12-5-3-2-4-6-12/h2-6,11,13-14H,7-10,16H2,1H3,(H,17,18). The van der Waals surface area contributed by atoms with Gasteiger partial charge in [-0.05, 0) is 24.3 Å². The first-order valence-electron chi connectivity index (χ1n) is 6.88. The highest BCUT2D eigenvalue weighted by Gasteiger charge is 2.30. The summed E-state index contributed by atoms with van der Waals surface area (Å²) in [7, 11) is 0. The second-order valence-corrected chi connectivity index (χ2v) is 5.15. The van der Waals surface area contributed by atoms with Crippen LogP contribution in [0.1, 0.15) is 31.4 Å². The van der Waals surface area contributed by atoms with Crippen molar-refractivity contribution in [1.29, 1.82) is 0 Å². The van der Waals surface area contributed by atoms with Crippen LogP contribution in [0, 0.1) is 5.92 Å². The minimum atomic E-state index is -0.284. The molecule has 1 fully saturated rings. The van der Waals surface area contributed by atoms with Crippen molar-refractivity contribution in [1.82, 2.24) is 5.32 Å². The van der Waals surface area contributed by atoms with Crippen molar-refractivity contribution < 1.29 is 9.53 Å². The van der Waals surface area contributed by atoms with Gasteiger partial charge in [-0.15, -0.1) is 0 Å². The molecule has 0 aromatic heterocycles. The number of carbonyl (C=O) groups is 1. The molecule has 1 aliphatic heterocycles. The molecule has 0 aliphatic carbocycles. The van der Waals surface area contributed by atoms with Gasteiger partial charge in [0.2, 0.25) is 5.91 Å². The summed E-state index contributed by atoms with van der Waals surface area (Å²) < 4.78 is 5.43. The molecule has 104 valence electrons. The zero-order valence-electron chi connectivity index (χ0n) is 11.3. The van der Waals surface area contributed by atoms with Crippen LogP contribution in [0.15, 0.2) is 30.3 Å². The van der Waals surface area contributed by atoms with Crippen LogP contribution < -0.4 is 11.1 Å². The molecule has 3 unspecified atom stereocenters. The molecule has 0 radical (unpaired) electrons. The summed E-state index contributed by atoms with van der Waals surface area (Å²) in [5.41, 5.74) is 7.18. The molecule has 1 saturated heterocycles. The fourth-order valence-electron chi connectivity index (χ4n) is 2.35. The topological polar surface area (TPSA) is 64.3 Å². The predicted molar refractivity (Wildman–Crippen MR) is 74.5 cm³/mol. The largest absolute Gasteiger partial charge is 0.368 e. The van der Waals surface area contributed by atoms with Crippen LogP contribution in [0.25, 0.3) is 0 Å². The molecule has 3 atom stereocenters. The minimum absolute atomic E-state index is 0.00902. The highest BCUT2D eigenvalue weighted by atomic mass is 16.5. The van der Waals surface area contributed by atoms with Gasteiger partial charge in [-0.3, -0.25) is 4.79 Å². The molecule has 0 spiro atoms. The molecule has 3 N–H and O–H groups in total. The quantitative estimate of drug-likeness (QED) is 0.847. The number of nitrogens with one attached hydrogen (secondary N) is 1. The van der Waals surface area contributed by atoms with Crippen molar-refractivity contribution in [2.75, 3.05) is 13.2 Å². The fraction of sp³-hybridized carbons (Fsp3) is 0.533. The Hall–Kier alpha value is -1.39. The number of nitrogens with two attached hydrogens (primary N) is 1. The molecule has 1 aromatic carbocycles. The van der Waals surface area contributed by atoms with Crippen LogP contribution in [0.5, 0.6) is 0 Å². The van der Waals surface area contributed by atoms with Gasteiger partial charge < -0.3 is 15.8 Å². The molecule has 4 nitrogen and oxygen atoms in total. The Bertz CT molecular complexity index is 408. The van der Waals surface area contributed by atoms with Gasteiger partial charge in [-0.2, -0.15) is 0 Å². The Morgan fingerprint density at radius 3 is 2.84 bits per heavy atom. The number of ether oxygens (including phenoxy) is 1. The molecule has 1 aliphatic rings. The third kappa shape index (κ3) is 3.78. The maximum Gasteiger partial charge on any atom is 0.249 e. The highest BCUT2D eigenvalue weighted by molar-refractivity contribution is 5.81. The Kier molecular flexibility index (Phi) is 4.93. The van der Waals surface area contributed by atoms with E-state index in [9.17, 15) is 4.79 Å². The first kappa shape index (κ1) is 14.0. The maximum absolute atomic E-state index is 11.9. The van der Waals surface area contributed by atoms with Crippen molar-refractivity contribution >= 4 is 5.91 Å². The number of amides is 1. The summed E-state index contributed by atoms with van der Waals surface area (Å²) in [6.45, 7) is 3.32. The molecule has 1 heterocycles. The van der Waals surface area contributed by atoms with Gasteiger partial charge >= 0.3 is 0 Å². The average Bonchev–Trinajstić information content (AvgIpc) is 2.86. The van der Waals surface area contributed by atoms with Gasteiger partial charge in [0.15, 0.2) is 0 Å². The second kappa shape index (κ2) is 6.68. The van der Waals surface area contributed by atoms with Crippen LogP contribution in [-0.4, -0.2) is 25.2 Å². The van der Waals surface area contributed by atoms with Crippen LogP contribution in [-0.2, 0) is 9.53 Å². The number of hydrogen-bond acceptors (Lipinski definition) is 3. The molecule has 2 rings (SSSR count). The Morgan fingerprint density at radius 1 is 1.47 bits per heavy atom. The number of benzene rings is 1. The average molecular weight is 262 g/mol. The van der Waals surface area contributed by atoms with E-state index in [1.807, 2.05) is 37.3 Å². The lowest BCUT2D eigenvalue weighted by atomic mass is 10.0. The fourth-order valence-corrected chi connectivity index (χ4v) is 2.35. The van der Waals surface area contributed by atoms with Gasteiger partial charge in [0.1, 0.15) is 6.10 Å². The van der Waals surface area contributed by atoms with Crippen molar-refractivity contribution in [2.45, 2.75) is 31.9 Å². The summed E-state index contributed by atoms with van der Waals surface area (Å²) in [5, 5.41) is 2.91. The third-order valence-electron chi connectivity index (χ3n) is 3.63. The molecule has 0 bridgehead atoms. The Labute approximate surface area is 114 Å². The Balaban J connectivity index is 1.73. The van der Waals surface area contributed by atoms with E-state index < -0.39 is 0 Å². The van der Waals surface area contributed by atoms with E-state index in [1.54, 1.807) is 0 Å². The predicted octanol–water partition coefficient (Wildman–Crippen LogP) is 1.62. The van der Waals surface area contributed by atoms with E-state index in [-0.39, 0.29) is 18.1 Å². The second-order valence-electron chi connectivity index (χ2n) is 5.15. The summed E-state index contributed by atoms with van der Waals surface area (Å²) in [5.74, 6) is 0.299. The van der Waals surface area contributed by atoms with E-state index >= 15 is 0 Å². The van der Waals surface area contributed by atoms with E-state index in [0.717, 1.165) is 18.4 Å². The lowest BCUT2D eigenvalue weighted by Crippen LogP contribution is -2.38. The smallest absolute Gasteiger partial charge is 0.249 e. The monoisotopic (exact) mass is 262 g/mol. The summed E-state index contributed by atoms with van der Waals surface area (Å²) in [6.07, 6.45) is 1.41. The van der Waals surface area contributed by atoms with Gasteiger partial charge in [-0.1, -0.05) is 37.3 Å². The number of carbonyl (C=O) groups excluding carboxylic acids is 1. The molecule has 4 heteroatoms. The van der Waals surface area contributed by atoms with Crippen molar-refractivity contribution in [3.63, 3.8) is 0 Å². The van der Waals surface area contributed by atoms with Crippen molar-refractivity contribution in [3.8, 4) is 0 Å². The van der Waals surface area contributed by atoms with Gasteiger partial charge in [0.25, 0.3) is 0 Å².